The van der Waals surface area contributed by atoms with Gasteiger partial charge in [0.25, 0.3) is 3.91 Å². The highest BCUT2D eigenvalue weighted by Gasteiger charge is 2.27. The molecule has 2 amide bonds. The highest BCUT2D eigenvalue weighted by Crippen LogP contribution is 2.13. The molecule has 0 aromatic heterocycles. The van der Waals surface area contributed by atoms with Crippen LogP contribution in [0.5, 0.6) is 0 Å². The predicted molar refractivity (Wildman–Crippen MR) is 68.8 cm³/mol. The summed E-state index contributed by atoms with van der Waals surface area (Å²) >= 11 is 1.75. The van der Waals surface area contributed by atoms with E-state index in [0.717, 1.165) is 6.42 Å². The number of rotatable bonds is 1. The summed E-state index contributed by atoms with van der Waals surface area (Å²) < 4.78 is 5.16. The van der Waals surface area contributed by atoms with E-state index in [9.17, 15) is 9.59 Å². The molecule has 5 nitrogen and oxygen atoms in total. The topological polar surface area (TPSA) is 58.6 Å². The number of carbonyl (C=O) groups is 2. The number of hydrogen-bond acceptors (Lipinski definition) is 3. The fourth-order valence-corrected chi connectivity index (χ4v) is 1.95. The van der Waals surface area contributed by atoms with Crippen LogP contribution in [0.4, 0.5) is 9.59 Å². The number of amides is 2. The molecule has 0 aliphatic carbocycles. The lowest BCUT2D eigenvalue weighted by atomic mass is 10.2. The average molecular weight is 340 g/mol. The van der Waals surface area contributed by atoms with Gasteiger partial charge in [0.2, 0.25) is 0 Å². The van der Waals surface area contributed by atoms with Gasteiger partial charge < -0.3 is 15.0 Å². The average Bonchev–Trinajstić information content (AvgIpc) is 2.48. The zero-order chi connectivity index (χ0) is 12.3. The molecule has 1 aliphatic heterocycles. The van der Waals surface area contributed by atoms with Gasteiger partial charge in [0, 0.05) is 35.7 Å². The number of carbonyl (C=O) groups excluding carboxylic acids is 2. The van der Waals surface area contributed by atoms with Crippen molar-refractivity contribution in [2.75, 3.05) is 13.1 Å². The van der Waals surface area contributed by atoms with Crippen molar-refractivity contribution in [3.05, 3.63) is 0 Å². The molecule has 1 fully saturated rings. The maximum absolute atomic E-state index is 11.5. The van der Waals surface area contributed by atoms with Crippen molar-refractivity contribution < 1.29 is 14.3 Å². The minimum absolute atomic E-state index is 0.00793. The van der Waals surface area contributed by atoms with Crippen LogP contribution < -0.4 is 5.32 Å². The van der Waals surface area contributed by atoms with E-state index in [1.54, 1.807) is 27.5 Å². The van der Waals surface area contributed by atoms with Gasteiger partial charge in [-0.1, -0.05) is 0 Å². The highest BCUT2D eigenvalue weighted by molar-refractivity contribution is 14.1. The number of ether oxygens (including phenoxy) is 1. The lowest BCUT2D eigenvalue weighted by Gasteiger charge is -2.21. The fourth-order valence-electron chi connectivity index (χ4n) is 1.51. The standard InChI is InChI=1S/C10H17IN2O3/c1-10(2,3)16-9(15)12-7-4-5-13(6-7)8(11)14/h7H,4-6H2,1-3H3,(H,12,15)/t7-/m1/s1. The molecule has 0 aromatic carbocycles. The van der Waals surface area contributed by atoms with E-state index in [1.165, 1.54) is 0 Å². The third-order valence-electron chi connectivity index (χ3n) is 2.16. The van der Waals surface area contributed by atoms with Crippen LogP contribution in [0, 0.1) is 0 Å². The molecular formula is C10H17IN2O3. The zero-order valence-electron chi connectivity index (χ0n) is 9.75. The van der Waals surface area contributed by atoms with Crippen LogP contribution in [0.3, 0.4) is 0 Å². The predicted octanol–water partition coefficient (Wildman–Crippen LogP) is 2.14. The smallest absolute Gasteiger partial charge is 0.407 e. The molecule has 1 aliphatic rings. The summed E-state index contributed by atoms with van der Waals surface area (Å²) in [6.45, 7) is 6.73. The van der Waals surface area contributed by atoms with Crippen LogP contribution in [-0.2, 0) is 4.74 Å². The van der Waals surface area contributed by atoms with Gasteiger partial charge in [0.05, 0.1) is 6.04 Å². The molecule has 16 heavy (non-hydrogen) atoms. The first kappa shape index (κ1) is 13.5. The molecule has 0 spiro atoms. The molecule has 0 unspecified atom stereocenters. The van der Waals surface area contributed by atoms with Gasteiger partial charge in [-0.2, -0.15) is 0 Å². The number of nitrogens with zero attached hydrogens (tertiary/aromatic N) is 1. The van der Waals surface area contributed by atoms with Crippen molar-refractivity contribution in [3.8, 4) is 0 Å². The summed E-state index contributed by atoms with van der Waals surface area (Å²) in [5, 5.41) is 2.76. The Hall–Kier alpha value is -0.530. The number of alkyl carbamates (subject to hydrolysis) is 1. The van der Waals surface area contributed by atoms with Crippen molar-refractivity contribution >= 4 is 32.6 Å². The minimum atomic E-state index is -0.485. The molecule has 0 bridgehead atoms. The maximum atomic E-state index is 11.5. The molecule has 92 valence electrons. The van der Waals surface area contributed by atoms with E-state index in [2.05, 4.69) is 5.32 Å². The second kappa shape index (κ2) is 5.20. The summed E-state index contributed by atoms with van der Waals surface area (Å²) in [5.74, 6) is 0. The Balaban J connectivity index is 2.34. The van der Waals surface area contributed by atoms with Crippen molar-refractivity contribution in [3.63, 3.8) is 0 Å². The summed E-state index contributed by atoms with van der Waals surface area (Å²) in [6, 6.07) is 0.00793. The van der Waals surface area contributed by atoms with Crippen LogP contribution in [0.15, 0.2) is 0 Å². The Bertz CT molecular complexity index is 288. The largest absolute Gasteiger partial charge is 0.444 e. The van der Waals surface area contributed by atoms with Gasteiger partial charge in [-0.15, -0.1) is 0 Å². The van der Waals surface area contributed by atoms with Crippen LogP contribution in [0.1, 0.15) is 27.2 Å². The number of halogens is 1. The number of nitrogens with one attached hydrogen (secondary N) is 1. The van der Waals surface area contributed by atoms with Crippen LogP contribution in [-0.4, -0.2) is 39.6 Å². The third-order valence-corrected chi connectivity index (χ3v) is 2.84. The third kappa shape index (κ3) is 4.54. The van der Waals surface area contributed by atoms with Crippen molar-refractivity contribution in [2.24, 2.45) is 0 Å². The quantitative estimate of drug-likeness (QED) is 0.452. The molecule has 1 heterocycles. The Morgan fingerprint density at radius 1 is 1.44 bits per heavy atom. The molecule has 1 rings (SSSR count). The van der Waals surface area contributed by atoms with E-state index in [1.807, 2.05) is 20.8 Å². The molecule has 0 aromatic rings. The van der Waals surface area contributed by atoms with Gasteiger partial charge in [0.15, 0.2) is 0 Å². The second-order valence-corrected chi connectivity index (χ2v) is 5.75. The molecule has 1 N–H and O–H groups in total. The first-order valence-corrected chi connectivity index (χ1v) is 6.30. The second-order valence-electron chi connectivity index (χ2n) is 4.83. The summed E-state index contributed by atoms with van der Waals surface area (Å²) in [4.78, 5) is 24.2. The lowest BCUT2D eigenvalue weighted by molar-refractivity contribution is 0.0506. The number of likely N-dealkylation sites (tertiary alicyclic amines) is 1. The number of hydrogen-bond donors (Lipinski definition) is 1. The van der Waals surface area contributed by atoms with Crippen LogP contribution >= 0.6 is 22.6 Å². The van der Waals surface area contributed by atoms with Crippen molar-refractivity contribution in [1.29, 1.82) is 0 Å². The Morgan fingerprint density at radius 2 is 2.06 bits per heavy atom. The SMILES string of the molecule is CC(C)(C)OC(=O)N[C@@H]1CCN(C(=O)I)C1. The molecule has 1 atom stereocenters. The summed E-state index contributed by atoms with van der Waals surface area (Å²) in [7, 11) is 0. The van der Waals surface area contributed by atoms with Gasteiger partial charge in [-0.25, -0.2) is 4.79 Å². The van der Waals surface area contributed by atoms with E-state index in [4.69, 9.17) is 4.74 Å². The maximum Gasteiger partial charge on any atom is 0.407 e. The minimum Gasteiger partial charge on any atom is -0.444 e. The summed E-state index contributed by atoms with van der Waals surface area (Å²) in [5.41, 5.74) is -0.485. The van der Waals surface area contributed by atoms with E-state index in [0.29, 0.717) is 13.1 Å². The van der Waals surface area contributed by atoms with Gasteiger partial charge >= 0.3 is 6.09 Å². The monoisotopic (exact) mass is 340 g/mol. The first-order valence-electron chi connectivity index (χ1n) is 5.22. The fraction of sp³-hybridized carbons (Fsp3) is 0.800. The molecular weight excluding hydrogens is 323 g/mol. The van der Waals surface area contributed by atoms with Crippen molar-refractivity contribution in [1.82, 2.24) is 10.2 Å². The van der Waals surface area contributed by atoms with E-state index in [-0.39, 0.29) is 9.96 Å². The summed E-state index contributed by atoms with van der Waals surface area (Å²) in [6.07, 6.45) is 0.369. The Kier molecular flexibility index (Phi) is 4.40. The molecule has 6 heteroatoms. The van der Waals surface area contributed by atoms with Gasteiger partial charge in [-0.05, 0) is 27.2 Å². The molecule has 1 saturated heterocycles. The van der Waals surface area contributed by atoms with Gasteiger partial charge in [-0.3, -0.25) is 4.79 Å². The Morgan fingerprint density at radius 3 is 2.50 bits per heavy atom. The van der Waals surface area contributed by atoms with Crippen LogP contribution in [0.2, 0.25) is 0 Å². The molecule has 0 radical (unpaired) electrons. The van der Waals surface area contributed by atoms with E-state index < -0.39 is 11.7 Å². The van der Waals surface area contributed by atoms with Gasteiger partial charge in [0.1, 0.15) is 5.60 Å². The van der Waals surface area contributed by atoms with Crippen LogP contribution in [0.25, 0.3) is 0 Å². The molecule has 0 saturated carbocycles. The first-order chi connectivity index (χ1) is 7.28. The highest BCUT2D eigenvalue weighted by atomic mass is 127. The zero-order valence-corrected chi connectivity index (χ0v) is 11.9. The van der Waals surface area contributed by atoms with Crippen molar-refractivity contribution in [2.45, 2.75) is 38.8 Å². The lowest BCUT2D eigenvalue weighted by Crippen LogP contribution is -2.40. The van der Waals surface area contributed by atoms with E-state index >= 15 is 0 Å². The normalized spacial score (nSPS) is 20.8. The Labute approximate surface area is 109 Å².